The van der Waals surface area contributed by atoms with Gasteiger partial charge >= 0.3 is 0 Å². The molecule has 0 radical (unpaired) electrons. The molecule has 0 bridgehead atoms. The minimum absolute atomic E-state index is 0.285. The van der Waals surface area contributed by atoms with E-state index in [0.29, 0.717) is 18.4 Å². The Kier molecular flexibility index (Phi) is 4.60. The molecule has 0 aliphatic heterocycles. The minimum Gasteiger partial charge on any atom is -0.392 e. The van der Waals surface area contributed by atoms with Crippen molar-refractivity contribution in [3.8, 4) is 0 Å². The number of benzene rings is 1. The smallest absolute Gasteiger partial charge is 0.126 e. The van der Waals surface area contributed by atoms with Gasteiger partial charge < -0.3 is 5.11 Å². The van der Waals surface area contributed by atoms with Crippen LogP contribution in [0, 0.1) is 19.7 Å². The van der Waals surface area contributed by atoms with Crippen LogP contribution in [-0.2, 0) is 19.9 Å². The first-order valence-electron chi connectivity index (χ1n) is 6.49. The van der Waals surface area contributed by atoms with Gasteiger partial charge in [0, 0.05) is 30.1 Å². The SMILES string of the molecule is Cc1nn(C)c(C)c1CC(O)Cc1cc(Br)ccc1F. The summed E-state index contributed by atoms with van der Waals surface area (Å²) in [6.07, 6.45) is 0.150. The van der Waals surface area contributed by atoms with Crippen molar-refractivity contribution in [3.63, 3.8) is 0 Å². The van der Waals surface area contributed by atoms with E-state index in [9.17, 15) is 9.50 Å². The highest BCUT2D eigenvalue weighted by molar-refractivity contribution is 9.10. The van der Waals surface area contributed by atoms with Crippen molar-refractivity contribution in [3.05, 3.63) is 51.0 Å². The molecule has 1 unspecified atom stereocenters. The van der Waals surface area contributed by atoms with Gasteiger partial charge in [-0.3, -0.25) is 4.68 Å². The van der Waals surface area contributed by atoms with Crippen LogP contribution in [0.4, 0.5) is 4.39 Å². The van der Waals surface area contributed by atoms with Crippen LogP contribution in [-0.4, -0.2) is 21.0 Å². The average Bonchev–Trinajstić information content (AvgIpc) is 2.61. The molecule has 1 atom stereocenters. The molecule has 2 aromatic rings. The van der Waals surface area contributed by atoms with Crippen LogP contribution in [0.2, 0.25) is 0 Å². The van der Waals surface area contributed by atoms with Gasteiger partial charge in [-0.15, -0.1) is 0 Å². The van der Waals surface area contributed by atoms with Gasteiger partial charge in [0.1, 0.15) is 5.82 Å². The molecular weight excluding hydrogens is 323 g/mol. The number of aliphatic hydroxyl groups excluding tert-OH is 1. The lowest BCUT2D eigenvalue weighted by molar-refractivity contribution is 0.173. The Balaban J connectivity index is 2.13. The van der Waals surface area contributed by atoms with E-state index in [1.807, 2.05) is 20.9 Å². The Morgan fingerprint density at radius 2 is 2.05 bits per heavy atom. The molecule has 0 spiro atoms. The highest BCUT2D eigenvalue weighted by Gasteiger charge is 2.16. The van der Waals surface area contributed by atoms with Crippen LogP contribution in [0.5, 0.6) is 0 Å². The molecule has 1 aromatic heterocycles. The third-order valence-electron chi connectivity index (χ3n) is 3.56. The van der Waals surface area contributed by atoms with Crippen LogP contribution >= 0.6 is 15.9 Å². The van der Waals surface area contributed by atoms with E-state index in [-0.39, 0.29) is 5.82 Å². The van der Waals surface area contributed by atoms with Gasteiger partial charge in [0.2, 0.25) is 0 Å². The molecule has 0 aliphatic carbocycles. The quantitative estimate of drug-likeness (QED) is 0.928. The van der Waals surface area contributed by atoms with Gasteiger partial charge in [0.05, 0.1) is 11.8 Å². The van der Waals surface area contributed by atoms with Crippen LogP contribution in [0.15, 0.2) is 22.7 Å². The zero-order chi connectivity index (χ0) is 14.9. The second-order valence-corrected chi connectivity index (χ2v) is 5.99. The number of halogens is 2. The number of aryl methyl sites for hydroxylation is 2. The Labute approximate surface area is 126 Å². The van der Waals surface area contributed by atoms with Crippen LogP contribution in [0.1, 0.15) is 22.5 Å². The Bertz CT molecular complexity index is 625. The number of aliphatic hydroxyl groups is 1. The number of aromatic nitrogens is 2. The molecule has 0 amide bonds. The fraction of sp³-hybridized carbons (Fsp3) is 0.400. The highest BCUT2D eigenvalue weighted by atomic mass is 79.9. The summed E-state index contributed by atoms with van der Waals surface area (Å²) in [6.45, 7) is 3.90. The lowest BCUT2D eigenvalue weighted by atomic mass is 10.00. The van der Waals surface area contributed by atoms with Crippen molar-refractivity contribution < 1.29 is 9.50 Å². The average molecular weight is 341 g/mol. The summed E-state index contributed by atoms with van der Waals surface area (Å²) >= 11 is 3.32. The first-order chi connectivity index (χ1) is 9.38. The molecule has 0 saturated heterocycles. The largest absolute Gasteiger partial charge is 0.392 e. The van der Waals surface area contributed by atoms with Crippen molar-refractivity contribution in [2.75, 3.05) is 0 Å². The second kappa shape index (κ2) is 6.06. The first kappa shape index (κ1) is 15.2. The molecule has 20 heavy (non-hydrogen) atoms. The van der Waals surface area contributed by atoms with E-state index < -0.39 is 6.10 Å². The van der Waals surface area contributed by atoms with E-state index in [1.165, 1.54) is 6.07 Å². The maximum Gasteiger partial charge on any atom is 0.126 e. The molecule has 5 heteroatoms. The Morgan fingerprint density at radius 1 is 1.35 bits per heavy atom. The second-order valence-electron chi connectivity index (χ2n) is 5.07. The van der Waals surface area contributed by atoms with E-state index >= 15 is 0 Å². The summed E-state index contributed by atoms with van der Waals surface area (Å²) < 4.78 is 16.3. The standard InChI is InChI=1S/C15H18BrFN2O/c1-9-14(10(2)19(3)18-9)8-13(20)7-11-6-12(16)4-5-15(11)17/h4-6,13,20H,7-8H2,1-3H3. The minimum atomic E-state index is -0.625. The van der Waals surface area contributed by atoms with Gasteiger partial charge in [0.25, 0.3) is 0 Å². The molecule has 1 N–H and O–H groups in total. The number of rotatable bonds is 4. The normalized spacial score (nSPS) is 12.7. The van der Waals surface area contributed by atoms with Crippen molar-refractivity contribution in [2.45, 2.75) is 32.8 Å². The third kappa shape index (κ3) is 3.27. The Morgan fingerprint density at radius 3 is 2.65 bits per heavy atom. The summed E-state index contributed by atoms with van der Waals surface area (Å²) in [6, 6.07) is 4.77. The lowest BCUT2D eigenvalue weighted by Gasteiger charge is -2.12. The summed E-state index contributed by atoms with van der Waals surface area (Å²) in [5.74, 6) is -0.285. The zero-order valence-corrected chi connectivity index (χ0v) is 13.4. The van der Waals surface area contributed by atoms with E-state index in [0.717, 1.165) is 21.4 Å². The maximum atomic E-state index is 13.7. The molecule has 1 heterocycles. The molecule has 2 rings (SSSR count). The molecule has 1 aromatic carbocycles. The monoisotopic (exact) mass is 340 g/mol. The van der Waals surface area contributed by atoms with E-state index in [2.05, 4.69) is 21.0 Å². The number of nitrogens with zero attached hydrogens (tertiary/aromatic N) is 2. The summed E-state index contributed by atoms with van der Waals surface area (Å²) in [7, 11) is 1.88. The van der Waals surface area contributed by atoms with Crippen molar-refractivity contribution in [1.29, 1.82) is 0 Å². The van der Waals surface area contributed by atoms with E-state index in [1.54, 1.807) is 16.8 Å². The predicted octanol–water partition coefficient (Wildman–Crippen LogP) is 3.08. The van der Waals surface area contributed by atoms with Gasteiger partial charge in [-0.25, -0.2) is 4.39 Å². The van der Waals surface area contributed by atoms with Crippen molar-refractivity contribution in [2.24, 2.45) is 7.05 Å². The number of hydrogen-bond donors (Lipinski definition) is 1. The van der Waals surface area contributed by atoms with Gasteiger partial charge in [0.15, 0.2) is 0 Å². The fourth-order valence-electron chi connectivity index (χ4n) is 2.37. The summed E-state index contributed by atoms with van der Waals surface area (Å²) in [5.41, 5.74) is 3.51. The zero-order valence-electron chi connectivity index (χ0n) is 11.8. The van der Waals surface area contributed by atoms with Gasteiger partial charge in [-0.1, -0.05) is 15.9 Å². The fourth-order valence-corrected chi connectivity index (χ4v) is 2.78. The van der Waals surface area contributed by atoms with Crippen LogP contribution in [0.25, 0.3) is 0 Å². The van der Waals surface area contributed by atoms with Gasteiger partial charge in [-0.05, 0) is 43.2 Å². The molecule has 0 fully saturated rings. The van der Waals surface area contributed by atoms with Crippen molar-refractivity contribution >= 4 is 15.9 Å². The highest BCUT2D eigenvalue weighted by Crippen LogP contribution is 2.20. The summed E-state index contributed by atoms with van der Waals surface area (Å²) in [5, 5.41) is 14.5. The molecular formula is C15H18BrFN2O. The molecule has 3 nitrogen and oxygen atoms in total. The Hall–Kier alpha value is -1.20. The maximum absolute atomic E-state index is 13.7. The third-order valence-corrected chi connectivity index (χ3v) is 4.06. The lowest BCUT2D eigenvalue weighted by Crippen LogP contribution is -2.16. The molecule has 0 saturated carbocycles. The van der Waals surface area contributed by atoms with E-state index in [4.69, 9.17) is 0 Å². The molecule has 108 valence electrons. The molecule has 0 aliphatic rings. The predicted molar refractivity (Wildman–Crippen MR) is 80.2 cm³/mol. The topological polar surface area (TPSA) is 38.0 Å². The summed E-state index contributed by atoms with van der Waals surface area (Å²) in [4.78, 5) is 0. The van der Waals surface area contributed by atoms with Gasteiger partial charge in [-0.2, -0.15) is 5.10 Å². The number of hydrogen-bond acceptors (Lipinski definition) is 2. The van der Waals surface area contributed by atoms with Crippen molar-refractivity contribution in [1.82, 2.24) is 9.78 Å². The first-order valence-corrected chi connectivity index (χ1v) is 7.29. The van der Waals surface area contributed by atoms with Crippen LogP contribution in [0.3, 0.4) is 0 Å². The van der Waals surface area contributed by atoms with Crippen LogP contribution < -0.4 is 0 Å².